The van der Waals surface area contributed by atoms with Gasteiger partial charge in [-0.3, -0.25) is 14.9 Å². The highest BCUT2D eigenvalue weighted by Crippen LogP contribution is 2.17. The zero-order chi connectivity index (χ0) is 14.4. The summed E-state index contributed by atoms with van der Waals surface area (Å²) in [6, 6.07) is 4.12. The van der Waals surface area contributed by atoms with Crippen molar-refractivity contribution in [2.45, 2.75) is 32.8 Å². The third-order valence-corrected chi connectivity index (χ3v) is 2.90. The second-order valence-corrected chi connectivity index (χ2v) is 4.36. The molecule has 0 radical (unpaired) electrons. The van der Waals surface area contributed by atoms with E-state index in [2.05, 4.69) is 5.32 Å². The van der Waals surface area contributed by atoms with Crippen molar-refractivity contribution in [2.24, 2.45) is 0 Å². The molecular formula is C13H18N2O4. The predicted octanol–water partition coefficient (Wildman–Crippen LogP) is 1.79. The Balaban J connectivity index is 2.65. The van der Waals surface area contributed by atoms with Gasteiger partial charge in [-0.2, -0.15) is 0 Å². The third-order valence-electron chi connectivity index (χ3n) is 2.90. The van der Waals surface area contributed by atoms with Gasteiger partial charge in [0.1, 0.15) is 0 Å². The Morgan fingerprint density at radius 2 is 2.21 bits per heavy atom. The van der Waals surface area contributed by atoms with Crippen LogP contribution in [0.15, 0.2) is 18.2 Å². The zero-order valence-corrected chi connectivity index (χ0v) is 11.0. The molecule has 1 rings (SSSR count). The lowest BCUT2D eigenvalue weighted by Crippen LogP contribution is -2.27. The van der Waals surface area contributed by atoms with E-state index in [9.17, 15) is 20.0 Å². The molecule has 1 amide bonds. The van der Waals surface area contributed by atoms with Gasteiger partial charge in [-0.25, -0.2) is 0 Å². The normalized spacial score (nSPS) is 11.9. The molecular weight excluding hydrogens is 248 g/mol. The Morgan fingerprint density at radius 3 is 2.74 bits per heavy atom. The van der Waals surface area contributed by atoms with Crippen LogP contribution in [0, 0.1) is 17.0 Å². The molecule has 1 aromatic rings. The number of rotatable bonds is 6. The van der Waals surface area contributed by atoms with Gasteiger partial charge in [-0.05, 0) is 31.4 Å². The third kappa shape index (κ3) is 4.33. The summed E-state index contributed by atoms with van der Waals surface area (Å²) in [7, 11) is 0. The highest BCUT2D eigenvalue weighted by atomic mass is 16.6. The molecule has 0 aliphatic heterocycles. The predicted molar refractivity (Wildman–Crippen MR) is 71.1 cm³/mol. The number of benzene rings is 1. The minimum Gasteiger partial charge on any atom is -0.393 e. The van der Waals surface area contributed by atoms with E-state index in [0.29, 0.717) is 30.5 Å². The topological polar surface area (TPSA) is 92.5 Å². The summed E-state index contributed by atoms with van der Waals surface area (Å²) in [6.07, 6.45) is 0.721. The molecule has 1 atom stereocenters. The van der Waals surface area contributed by atoms with E-state index in [-0.39, 0.29) is 11.6 Å². The monoisotopic (exact) mass is 266 g/mol. The van der Waals surface area contributed by atoms with Crippen LogP contribution in [-0.2, 0) is 0 Å². The number of nitro groups is 1. The number of hydrogen-bond donors (Lipinski definition) is 2. The highest BCUT2D eigenvalue weighted by Gasteiger charge is 2.13. The van der Waals surface area contributed by atoms with Crippen molar-refractivity contribution in [3.8, 4) is 0 Å². The Kier molecular flexibility index (Phi) is 5.44. The molecule has 0 heterocycles. The Bertz CT molecular complexity index is 474. The van der Waals surface area contributed by atoms with Crippen molar-refractivity contribution in [3.63, 3.8) is 0 Å². The van der Waals surface area contributed by atoms with Crippen molar-refractivity contribution in [2.75, 3.05) is 6.54 Å². The number of aliphatic hydroxyl groups excluding tert-OH is 1. The molecule has 1 unspecified atom stereocenters. The van der Waals surface area contributed by atoms with Crippen LogP contribution in [0.4, 0.5) is 5.69 Å². The lowest BCUT2D eigenvalue weighted by Gasteiger charge is -2.10. The number of non-ortho nitro benzene ring substituents is 1. The van der Waals surface area contributed by atoms with Gasteiger partial charge in [0.25, 0.3) is 11.6 Å². The molecule has 1 aromatic carbocycles. The quantitative estimate of drug-likeness (QED) is 0.606. The number of hydrogen-bond acceptors (Lipinski definition) is 4. The van der Waals surface area contributed by atoms with Gasteiger partial charge in [0.2, 0.25) is 0 Å². The van der Waals surface area contributed by atoms with Crippen molar-refractivity contribution in [1.29, 1.82) is 0 Å². The van der Waals surface area contributed by atoms with E-state index in [1.807, 2.05) is 6.92 Å². The fourth-order valence-corrected chi connectivity index (χ4v) is 1.67. The van der Waals surface area contributed by atoms with E-state index in [4.69, 9.17) is 0 Å². The minimum atomic E-state index is -0.494. The average Bonchev–Trinajstić information content (AvgIpc) is 2.37. The zero-order valence-electron chi connectivity index (χ0n) is 11.0. The molecule has 0 aliphatic carbocycles. The van der Waals surface area contributed by atoms with Crippen LogP contribution >= 0.6 is 0 Å². The summed E-state index contributed by atoms with van der Waals surface area (Å²) >= 11 is 0. The van der Waals surface area contributed by atoms with E-state index in [1.165, 1.54) is 18.2 Å². The van der Waals surface area contributed by atoms with Crippen molar-refractivity contribution >= 4 is 11.6 Å². The van der Waals surface area contributed by atoms with Gasteiger partial charge in [0.15, 0.2) is 0 Å². The number of nitrogens with one attached hydrogen (secondary N) is 1. The fraction of sp³-hybridized carbons (Fsp3) is 0.462. The molecule has 0 aromatic heterocycles. The average molecular weight is 266 g/mol. The first-order valence-corrected chi connectivity index (χ1v) is 6.17. The molecule has 0 saturated heterocycles. The molecule has 0 fully saturated rings. The standard InChI is InChI=1S/C13H18N2O4/c1-3-11(16)6-7-14-13(17)12-5-4-10(15(18)19)8-9(12)2/h4-5,8,11,16H,3,6-7H2,1-2H3,(H,14,17). The van der Waals surface area contributed by atoms with Gasteiger partial charge in [-0.1, -0.05) is 6.92 Å². The molecule has 6 heteroatoms. The summed E-state index contributed by atoms with van der Waals surface area (Å²) < 4.78 is 0. The first kappa shape index (κ1) is 15.1. The van der Waals surface area contributed by atoms with E-state index in [1.54, 1.807) is 6.92 Å². The molecule has 19 heavy (non-hydrogen) atoms. The lowest BCUT2D eigenvalue weighted by molar-refractivity contribution is -0.384. The van der Waals surface area contributed by atoms with E-state index < -0.39 is 11.0 Å². The molecule has 0 spiro atoms. The Hall–Kier alpha value is -1.95. The van der Waals surface area contributed by atoms with Gasteiger partial charge in [-0.15, -0.1) is 0 Å². The number of aryl methyl sites for hydroxylation is 1. The van der Waals surface area contributed by atoms with Crippen LogP contribution in [0.1, 0.15) is 35.7 Å². The summed E-state index contributed by atoms with van der Waals surface area (Å²) in [4.78, 5) is 22.0. The maximum Gasteiger partial charge on any atom is 0.269 e. The maximum absolute atomic E-state index is 11.9. The van der Waals surface area contributed by atoms with Gasteiger partial charge in [0, 0.05) is 24.2 Å². The van der Waals surface area contributed by atoms with Crippen molar-refractivity contribution < 1.29 is 14.8 Å². The fourth-order valence-electron chi connectivity index (χ4n) is 1.67. The van der Waals surface area contributed by atoms with Crippen LogP contribution in [0.5, 0.6) is 0 Å². The SMILES string of the molecule is CCC(O)CCNC(=O)c1ccc([N+](=O)[O-])cc1C. The van der Waals surface area contributed by atoms with Crippen LogP contribution < -0.4 is 5.32 Å². The number of amides is 1. The summed E-state index contributed by atoms with van der Waals surface area (Å²) in [5.41, 5.74) is 0.940. The van der Waals surface area contributed by atoms with Crippen LogP contribution in [0.25, 0.3) is 0 Å². The van der Waals surface area contributed by atoms with Crippen LogP contribution in [-0.4, -0.2) is 28.6 Å². The molecule has 6 nitrogen and oxygen atoms in total. The first-order chi connectivity index (χ1) is 8.95. The van der Waals surface area contributed by atoms with Crippen molar-refractivity contribution in [1.82, 2.24) is 5.32 Å². The van der Waals surface area contributed by atoms with E-state index in [0.717, 1.165) is 0 Å². The van der Waals surface area contributed by atoms with Crippen LogP contribution in [0.3, 0.4) is 0 Å². The molecule has 0 aliphatic rings. The largest absolute Gasteiger partial charge is 0.393 e. The maximum atomic E-state index is 11.9. The van der Waals surface area contributed by atoms with Gasteiger partial charge >= 0.3 is 0 Å². The number of aliphatic hydroxyl groups is 1. The van der Waals surface area contributed by atoms with Crippen LogP contribution in [0.2, 0.25) is 0 Å². The molecule has 2 N–H and O–H groups in total. The number of carbonyl (C=O) groups is 1. The van der Waals surface area contributed by atoms with E-state index >= 15 is 0 Å². The minimum absolute atomic E-state index is 0.0320. The van der Waals surface area contributed by atoms with Gasteiger partial charge in [0.05, 0.1) is 11.0 Å². The molecule has 104 valence electrons. The van der Waals surface area contributed by atoms with Gasteiger partial charge < -0.3 is 10.4 Å². The smallest absolute Gasteiger partial charge is 0.269 e. The summed E-state index contributed by atoms with van der Waals surface area (Å²) in [5, 5.41) is 22.6. The highest BCUT2D eigenvalue weighted by molar-refractivity contribution is 5.95. The number of nitrogens with zero attached hydrogens (tertiary/aromatic N) is 1. The summed E-state index contributed by atoms with van der Waals surface area (Å²) in [5.74, 6) is -0.282. The molecule has 0 saturated carbocycles. The first-order valence-electron chi connectivity index (χ1n) is 6.17. The second-order valence-electron chi connectivity index (χ2n) is 4.36. The second kappa shape index (κ2) is 6.84. The lowest BCUT2D eigenvalue weighted by atomic mass is 10.1. The summed E-state index contributed by atoms with van der Waals surface area (Å²) in [6.45, 7) is 3.90. The number of nitro benzene ring substituents is 1. The number of carbonyl (C=O) groups excluding carboxylic acids is 1. The molecule has 0 bridgehead atoms. The van der Waals surface area contributed by atoms with Crippen molar-refractivity contribution in [3.05, 3.63) is 39.4 Å². The Labute approximate surface area is 111 Å². The Morgan fingerprint density at radius 1 is 1.53 bits per heavy atom.